The summed E-state index contributed by atoms with van der Waals surface area (Å²) in [6, 6.07) is 12.7. The van der Waals surface area contributed by atoms with E-state index in [-0.39, 0.29) is 18.4 Å². The van der Waals surface area contributed by atoms with Crippen molar-refractivity contribution in [1.29, 1.82) is 0 Å². The second kappa shape index (κ2) is 7.64. The predicted octanol–water partition coefficient (Wildman–Crippen LogP) is 3.02. The Labute approximate surface area is 142 Å². The summed E-state index contributed by atoms with van der Waals surface area (Å²) < 4.78 is 5.12. The van der Waals surface area contributed by atoms with Gasteiger partial charge in [0.1, 0.15) is 5.75 Å². The number of carbonyl (C=O) groups excluding carboxylic acids is 2. The van der Waals surface area contributed by atoms with Gasteiger partial charge in [-0.2, -0.15) is 0 Å². The zero-order chi connectivity index (χ0) is 17.7. The first-order chi connectivity index (χ1) is 11.4. The molecule has 2 amide bonds. The number of amides is 2. The molecule has 0 aliphatic rings. The lowest BCUT2D eigenvalue weighted by Crippen LogP contribution is -2.35. The molecule has 0 saturated heterocycles. The summed E-state index contributed by atoms with van der Waals surface area (Å²) in [6.45, 7) is 3.86. The van der Waals surface area contributed by atoms with Crippen LogP contribution in [-0.4, -0.2) is 37.4 Å². The van der Waals surface area contributed by atoms with Crippen LogP contribution < -0.4 is 10.1 Å². The molecule has 0 aromatic heterocycles. The van der Waals surface area contributed by atoms with E-state index in [1.165, 1.54) is 4.90 Å². The molecule has 1 N–H and O–H groups in total. The van der Waals surface area contributed by atoms with Crippen LogP contribution in [-0.2, 0) is 4.79 Å². The van der Waals surface area contributed by atoms with Crippen LogP contribution in [0.25, 0.3) is 0 Å². The fourth-order valence-corrected chi connectivity index (χ4v) is 2.51. The standard InChI is InChI=1S/C19H22N2O3/c1-13-8-14(2)10-15(9-13)19(23)21(3)12-18(22)20-16-6-5-7-17(11-16)24-4/h5-11H,12H2,1-4H3,(H,20,22). The zero-order valence-electron chi connectivity index (χ0n) is 14.4. The summed E-state index contributed by atoms with van der Waals surface area (Å²) in [5, 5.41) is 2.76. The quantitative estimate of drug-likeness (QED) is 0.919. The molecule has 0 saturated carbocycles. The van der Waals surface area contributed by atoms with Crippen molar-refractivity contribution in [3.8, 4) is 5.75 Å². The summed E-state index contributed by atoms with van der Waals surface area (Å²) in [4.78, 5) is 26.0. The van der Waals surface area contributed by atoms with Crippen molar-refractivity contribution in [1.82, 2.24) is 4.90 Å². The van der Waals surface area contributed by atoms with Gasteiger partial charge in [0.2, 0.25) is 5.91 Å². The van der Waals surface area contributed by atoms with Gasteiger partial charge in [0, 0.05) is 24.4 Å². The number of benzene rings is 2. The number of methoxy groups -OCH3 is 1. The Kier molecular flexibility index (Phi) is 5.58. The van der Waals surface area contributed by atoms with E-state index in [4.69, 9.17) is 4.74 Å². The van der Waals surface area contributed by atoms with E-state index in [2.05, 4.69) is 5.32 Å². The fourth-order valence-electron chi connectivity index (χ4n) is 2.51. The van der Waals surface area contributed by atoms with Crippen molar-refractivity contribution < 1.29 is 14.3 Å². The minimum absolute atomic E-state index is 0.0248. The number of nitrogens with one attached hydrogen (secondary N) is 1. The van der Waals surface area contributed by atoms with Crippen molar-refractivity contribution in [2.24, 2.45) is 0 Å². The summed E-state index contributed by atoms with van der Waals surface area (Å²) in [6.07, 6.45) is 0. The number of anilines is 1. The molecule has 2 aromatic rings. The number of hydrogen-bond donors (Lipinski definition) is 1. The van der Waals surface area contributed by atoms with E-state index in [0.29, 0.717) is 17.0 Å². The minimum atomic E-state index is -0.261. The molecule has 5 nitrogen and oxygen atoms in total. The third kappa shape index (κ3) is 4.59. The summed E-state index contributed by atoms with van der Waals surface area (Å²) in [5.41, 5.74) is 3.26. The Morgan fingerprint density at radius 2 is 1.75 bits per heavy atom. The van der Waals surface area contributed by atoms with Crippen LogP contribution in [0.3, 0.4) is 0 Å². The first-order valence-corrected chi connectivity index (χ1v) is 7.66. The summed E-state index contributed by atoms with van der Waals surface area (Å²) >= 11 is 0. The molecule has 0 aliphatic carbocycles. The Morgan fingerprint density at radius 3 is 2.38 bits per heavy atom. The van der Waals surface area contributed by atoms with E-state index in [9.17, 15) is 9.59 Å². The van der Waals surface area contributed by atoms with Gasteiger partial charge in [-0.1, -0.05) is 23.3 Å². The fraction of sp³-hybridized carbons (Fsp3) is 0.263. The normalized spacial score (nSPS) is 10.2. The summed E-state index contributed by atoms with van der Waals surface area (Å²) in [5.74, 6) is 0.221. The predicted molar refractivity (Wildman–Crippen MR) is 94.5 cm³/mol. The van der Waals surface area contributed by atoms with Gasteiger partial charge >= 0.3 is 0 Å². The lowest BCUT2D eigenvalue weighted by molar-refractivity contribution is -0.116. The highest BCUT2D eigenvalue weighted by Gasteiger charge is 2.15. The van der Waals surface area contributed by atoms with Gasteiger partial charge in [0.05, 0.1) is 13.7 Å². The van der Waals surface area contributed by atoms with Crippen molar-refractivity contribution in [2.75, 3.05) is 26.0 Å². The minimum Gasteiger partial charge on any atom is -0.497 e. The molecule has 0 bridgehead atoms. The van der Waals surface area contributed by atoms with Crippen LogP contribution in [0, 0.1) is 13.8 Å². The lowest BCUT2D eigenvalue weighted by atomic mass is 10.1. The van der Waals surface area contributed by atoms with E-state index in [0.717, 1.165) is 11.1 Å². The Hall–Kier alpha value is -2.82. The van der Waals surface area contributed by atoms with Crippen molar-refractivity contribution in [3.63, 3.8) is 0 Å². The summed E-state index contributed by atoms with van der Waals surface area (Å²) in [7, 11) is 3.18. The Morgan fingerprint density at radius 1 is 1.08 bits per heavy atom. The average molecular weight is 326 g/mol. The topological polar surface area (TPSA) is 58.6 Å². The zero-order valence-corrected chi connectivity index (χ0v) is 14.4. The van der Waals surface area contributed by atoms with Gasteiger partial charge in [-0.15, -0.1) is 0 Å². The maximum atomic E-state index is 12.5. The third-order valence-electron chi connectivity index (χ3n) is 3.55. The Bertz CT molecular complexity index is 736. The van der Waals surface area contributed by atoms with Crippen LogP contribution in [0.5, 0.6) is 5.75 Å². The maximum Gasteiger partial charge on any atom is 0.254 e. The van der Waals surface area contributed by atoms with Crippen LogP contribution in [0.4, 0.5) is 5.69 Å². The van der Waals surface area contributed by atoms with E-state index in [1.54, 1.807) is 38.4 Å². The number of rotatable bonds is 5. The van der Waals surface area contributed by atoms with Crippen LogP contribution in [0.1, 0.15) is 21.5 Å². The van der Waals surface area contributed by atoms with Gasteiger partial charge in [0.25, 0.3) is 5.91 Å². The van der Waals surface area contributed by atoms with Crippen molar-refractivity contribution >= 4 is 17.5 Å². The average Bonchev–Trinajstić information content (AvgIpc) is 2.53. The molecule has 0 unspecified atom stereocenters. The van der Waals surface area contributed by atoms with Crippen molar-refractivity contribution in [2.45, 2.75) is 13.8 Å². The van der Waals surface area contributed by atoms with E-state index in [1.807, 2.05) is 32.0 Å². The van der Waals surface area contributed by atoms with Gasteiger partial charge in [-0.3, -0.25) is 9.59 Å². The number of carbonyl (C=O) groups is 2. The Balaban J connectivity index is 2.01. The number of likely N-dealkylation sites (N-methyl/N-ethyl adjacent to an activating group) is 1. The van der Waals surface area contributed by atoms with E-state index >= 15 is 0 Å². The van der Waals surface area contributed by atoms with Crippen LogP contribution in [0.15, 0.2) is 42.5 Å². The molecule has 2 aromatic carbocycles. The first kappa shape index (κ1) is 17.5. The molecular weight excluding hydrogens is 304 g/mol. The molecule has 2 rings (SSSR count). The SMILES string of the molecule is COc1cccc(NC(=O)CN(C)C(=O)c2cc(C)cc(C)c2)c1. The number of aryl methyl sites for hydroxylation is 2. The van der Waals surface area contributed by atoms with Crippen molar-refractivity contribution in [3.05, 3.63) is 59.2 Å². The first-order valence-electron chi connectivity index (χ1n) is 7.66. The molecule has 5 heteroatoms. The van der Waals surface area contributed by atoms with Crippen LogP contribution in [0.2, 0.25) is 0 Å². The number of ether oxygens (including phenoxy) is 1. The second-order valence-electron chi connectivity index (χ2n) is 5.82. The number of nitrogens with zero attached hydrogens (tertiary/aromatic N) is 1. The van der Waals surface area contributed by atoms with E-state index < -0.39 is 0 Å². The largest absolute Gasteiger partial charge is 0.497 e. The molecule has 0 radical (unpaired) electrons. The highest BCUT2D eigenvalue weighted by atomic mass is 16.5. The number of hydrogen-bond acceptors (Lipinski definition) is 3. The third-order valence-corrected chi connectivity index (χ3v) is 3.55. The van der Waals surface area contributed by atoms with Gasteiger partial charge in [-0.25, -0.2) is 0 Å². The van der Waals surface area contributed by atoms with Crippen LogP contribution >= 0.6 is 0 Å². The molecule has 126 valence electrons. The lowest BCUT2D eigenvalue weighted by Gasteiger charge is -2.17. The van der Waals surface area contributed by atoms with Gasteiger partial charge in [-0.05, 0) is 38.1 Å². The smallest absolute Gasteiger partial charge is 0.254 e. The van der Waals surface area contributed by atoms with Gasteiger partial charge in [0.15, 0.2) is 0 Å². The highest BCUT2D eigenvalue weighted by molar-refractivity contribution is 5.99. The molecule has 0 fully saturated rings. The maximum absolute atomic E-state index is 12.5. The molecular formula is C19H22N2O3. The highest BCUT2D eigenvalue weighted by Crippen LogP contribution is 2.16. The molecule has 24 heavy (non-hydrogen) atoms. The molecule has 0 atom stereocenters. The molecule has 0 spiro atoms. The van der Waals surface area contributed by atoms with Gasteiger partial charge < -0.3 is 15.0 Å². The monoisotopic (exact) mass is 326 g/mol. The molecule has 0 heterocycles. The second-order valence-corrected chi connectivity index (χ2v) is 5.82. The molecule has 0 aliphatic heterocycles.